The number of nitrogen functional groups attached to an aromatic ring is 2. The lowest BCUT2D eigenvalue weighted by Crippen LogP contribution is -2.35. The lowest BCUT2D eigenvalue weighted by molar-refractivity contribution is 0.206. The average molecular weight is 632 g/mol. The Labute approximate surface area is 279 Å². The van der Waals surface area contributed by atoms with E-state index in [1.54, 1.807) is 0 Å². The van der Waals surface area contributed by atoms with Gasteiger partial charge in [0, 0.05) is 61.8 Å². The first-order valence-corrected chi connectivity index (χ1v) is 16.6. The van der Waals surface area contributed by atoms with E-state index in [4.69, 9.17) is 33.0 Å². The third-order valence-corrected chi connectivity index (χ3v) is 8.81. The van der Waals surface area contributed by atoms with Gasteiger partial charge in [0.2, 0.25) is 0 Å². The summed E-state index contributed by atoms with van der Waals surface area (Å²) in [5, 5.41) is 0. The number of hydrogen-bond donors (Lipinski definition) is 5. The molecule has 0 saturated carbocycles. The van der Waals surface area contributed by atoms with Crippen molar-refractivity contribution in [3.05, 3.63) is 131 Å². The van der Waals surface area contributed by atoms with Crippen molar-refractivity contribution in [1.82, 2.24) is 9.80 Å². The minimum absolute atomic E-state index is 0.310. The monoisotopic (exact) mass is 631 g/mol. The van der Waals surface area contributed by atoms with Crippen LogP contribution in [-0.2, 0) is 13.1 Å². The zero-order valence-corrected chi connectivity index (χ0v) is 27.2. The Morgan fingerprint density at radius 3 is 1.34 bits per heavy atom. The van der Waals surface area contributed by atoms with Crippen LogP contribution >= 0.6 is 0 Å². The van der Waals surface area contributed by atoms with Gasteiger partial charge in [-0.2, -0.15) is 0 Å². The lowest BCUT2D eigenvalue weighted by Gasteiger charge is -2.30. The smallest absolute Gasteiger partial charge is 0.125 e. The molecule has 0 unspecified atom stereocenters. The molecule has 2 aliphatic heterocycles. The van der Waals surface area contributed by atoms with E-state index >= 15 is 0 Å². The topological polar surface area (TPSA) is 147 Å². The maximum absolute atomic E-state index is 6.16. The van der Waals surface area contributed by atoms with E-state index in [1.165, 1.54) is 11.1 Å². The highest BCUT2D eigenvalue weighted by Gasteiger charge is 2.20. The highest BCUT2D eigenvalue weighted by molar-refractivity contribution is 5.98. The van der Waals surface area contributed by atoms with E-state index < -0.39 is 0 Å². The quantitative estimate of drug-likeness (QED) is 0.0576. The normalized spacial score (nSPS) is 17.1. The highest BCUT2D eigenvalue weighted by atomic mass is 15.2. The number of likely N-dealkylation sites (tertiary alicyclic amines) is 2. The molecule has 0 radical (unpaired) electrons. The molecule has 6 rings (SSSR count). The summed E-state index contributed by atoms with van der Waals surface area (Å²) in [5.74, 6) is 6.61. The number of hydrogen-bond acceptors (Lipinski definition) is 7. The zero-order chi connectivity index (χ0) is 32.8. The van der Waals surface area contributed by atoms with Gasteiger partial charge in [0.1, 0.15) is 11.7 Å². The molecule has 9 heteroatoms. The fourth-order valence-electron chi connectivity index (χ4n) is 6.03. The second-order valence-corrected chi connectivity index (χ2v) is 12.4. The Hall–Kier alpha value is -4.70. The van der Waals surface area contributed by atoms with E-state index in [9.17, 15) is 0 Å². The number of nitrogens with two attached hydrogens (primary N) is 4. The molecule has 4 aromatic carbocycles. The van der Waals surface area contributed by atoms with Crippen LogP contribution in [0.25, 0.3) is 0 Å². The second kappa shape index (κ2) is 17.3. The minimum atomic E-state index is 0.310. The fourth-order valence-corrected chi connectivity index (χ4v) is 6.03. The Morgan fingerprint density at radius 2 is 0.957 bits per heavy atom. The van der Waals surface area contributed by atoms with Gasteiger partial charge < -0.3 is 22.6 Å². The van der Waals surface area contributed by atoms with E-state index in [1.807, 2.05) is 48.5 Å². The van der Waals surface area contributed by atoms with Gasteiger partial charge in [0.25, 0.3) is 0 Å². The predicted octanol–water partition coefficient (Wildman–Crippen LogP) is 4.98. The molecular formula is C38H49N9. The molecule has 0 amide bonds. The molecule has 47 heavy (non-hydrogen) atoms. The van der Waals surface area contributed by atoms with Crippen molar-refractivity contribution in [2.45, 2.75) is 50.9 Å². The van der Waals surface area contributed by atoms with Crippen LogP contribution in [0.4, 0.5) is 11.4 Å². The maximum Gasteiger partial charge on any atom is 0.125 e. The van der Waals surface area contributed by atoms with Crippen LogP contribution in [0.2, 0.25) is 0 Å². The molecule has 0 aliphatic carbocycles. The van der Waals surface area contributed by atoms with Crippen molar-refractivity contribution in [3.8, 4) is 0 Å². The number of hydrazine groups is 1. The number of piperidine rings is 2. The minimum Gasteiger partial charge on any atom is -0.399 e. The first kappa shape index (κ1) is 33.7. The molecule has 0 bridgehead atoms. The number of anilines is 2. The largest absolute Gasteiger partial charge is 0.399 e. The van der Waals surface area contributed by atoms with E-state index in [0.29, 0.717) is 23.8 Å². The van der Waals surface area contributed by atoms with Gasteiger partial charge in [0.15, 0.2) is 0 Å². The molecule has 9 N–H and O–H groups in total. The molecule has 2 aliphatic rings. The van der Waals surface area contributed by atoms with Gasteiger partial charge in [-0.1, -0.05) is 60.7 Å². The van der Waals surface area contributed by atoms with Crippen molar-refractivity contribution in [2.75, 3.05) is 37.3 Å². The molecule has 0 spiro atoms. The summed E-state index contributed by atoms with van der Waals surface area (Å²) < 4.78 is 0. The third-order valence-electron chi connectivity index (χ3n) is 8.81. The number of aliphatic imine (C=N–C) groups is 2. The van der Waals surface area contributed by atoms with Gasteiger partial charge in [-0.15, -0.1) is 0 Å². The van der Waals surface area contributed by atoms with Gasteiger partial charge in [-0.25, -0.2) is 0 Å². The first-order chi connectivity index (χ1) is 22.9. The zero-order valence-electron chi connectivity index (χ0n) is 27.2. The number of benzene rings is 4. The lowest BCUT2D eigenvalue weighted by atomic mass is 10.0. The average Bonchev–Trinajstić information content (AvgIpc) is 3.11. The molecule has 0 atom stereocenters. The van der Waals surface area contributed by atoms with Crippen LogP contribution in [0.5, 0.6) is 0 Å². The van der Waals surface area contributed by atoms with Crippen LogP contribution in [0.1, 0.15) is 47.9 Å². The van der Waals surface area contributed by atoms with Crippen LogP contribution in [0, 0.1) is 0 Å². The van der Waals surface area contributed by atoms with Crippen LogP contribution in [0.15, 0.2) is 119 Å². The Balaban J connectivity index is 0.000000185. The Morgan fingerprint density at radius 1 is 0.574 bits per heavy atom. The molecule has 0 aromatic heterocycles. The highest BCUT2D eigenvalue weighted by Crippen LogP contribution is 2.19. The summed E-state index contributed by atoms with van der Waals surface area (Å²) in [4.78, 5) is 14.4. The third kappa shape index (κ3) is 10.7. The van der Waals surface area contributed by atoms with E-state index in [2.05, 4.69) is 75.9 Å². The molecular weight excluding hydrogens is 582 g/mol. The number of nitrogens with zero attached hydrogens (tertiary/aromatic N) is 4. The summed E-state index contributed by atoms with van der Waals surface area (Å²) in [6.45, 7) is 6.29. The maximum atomic E-state index is 6.16. The van der Waals surface area contributed by atoms with Crippen molar-refractivity contribution < 1.29 is 0 Å². The molecule has 2 fully saturated rings. The number of amidine groups is 2. The summed E-state index contributed by atoms with van der Waals surface area (Å²) in [6, 6.07) is 37.1. The van der Waals surface area contributed by atoms with Gasteiger partial charge in [-0.05, 0) is 85.3 Å². The molecule has 2 heterocycles. The summed E-state index contributed by atoms with van der Waals surface area (Å²) in [7, 11) is 0. The predicted molar refractivity (Wildman–Crippen MR) is 196 cm³/mol. The first-order valence-electron chi connectivity index (χ1n) is 16.6. The van der Waals surface area contributed by atoms with E-state index in [-0.39, 0.29) is 0 Å². The Bertz CT molecular complexity index is 1540. The van der Waals surface area contributed by atoms with Crippen molar-refractivity contribution in [2.24, 2.45) is 27.3 Å². The second-order valence-electron chi connectivity index (χ2n) is 12.4. The van der Waals surface area contributed by atoms with Gasteiger partial charge >= 0.3 is 0 Å². The SMILES string of the molecule is NC(=NC1CCN(Cc2ccccc2)CC1)c1ccc(N)cc1.NNc1ccc(C(N)=NC2CCN(Cc3ccccc3)CC2)cc1. The molecule has 4 aromatic rings. The van der Waals surface area contributed by atoms with Crippen molar-refractivity contribution in [1.29, 1.82) is 0 Å². The van der Waals surface area contributed by atoms with Gasteiger partial charge in [0.05, 0.1) is 12.1 Å². The van der Waals surface area contributed by atoms with Crippen molar-refractivity contribution in [3.63, 3.8) is 0 Å². The van der Waals surface area contributed by atoms with Crippen LogP contribution < -0.4 is 28.5 Å². The Kier molecular flexibility index (Phi) is 12.4. The fraction of sp³-hybridized carbons (Fsp3) is 0.316. The summed E-state index contributed by atoms with van der Waals surface area (Å²) in [5.41, 5.74) is 26.8. The number of rotatable bonds is 9. The summed E-state index contributed by atoms with van der Waals surface area (Å²) in [6.07, 6.45) is 4.22. The van der Waals surface area contributed by atoms with Gasteiger partial charge in [-0.3, -0.25) is 25.6 Å². The standard InChI is InChI=1S/C19H25N5.C19H24N4/c20-19(16-6-8-18(23-21)9-7-16)22-17-10-12-24(13-11-17)14-15-4-2-1-3-5-15;20-17-8-6-16(7-9-17)19(21)22-18-10-12-23(13-11-18)14-15-4-2-1-3-5-15/h1-9,17,23H,10-14,21H2,(H2,20,22);1-9,18H,10-14,20H2,(H2,21,22). The molecule has 9 nitrogen and oxygen atoms in total. The van der Waals surface area contributed by atoms with Crippen LogP contribution in [0.3, 0.4) is 0 Å². The van der Waals surface area contributed by atoms with Crippen molar-refractivity contribution >= 4 is 23.0 Å². The van der Waals surface area contributed by atoms with Crippen LogP contribution in [-0.4, -0.2) is 59.7 Å². The number of nitrogens with one attached hydrogen (secondary N) is 1. The summed E-state index contributed by atoms with van der Waals surface area (Å²) >= 11 is 0. The molecule has 2 saturated heterocycles. The van der Waals surface area contributed by atoms with E-state index in [0.717, 1.165) is 87.5 Å². The molecule has 246 valence electrons.